The van der Waals surface area contributed by atoms with Gasteiger partial charge in [0.1, 0.15) is 28.9 Å². The molecule has 2 aromatic heterocycles. The number of hydrogen-bond acceptors (Lipinski definition) is 15. The highest BCUT2D eigenvalue weighted by atomic mass is 32.3. The third-order valence-corrected chi connectivity index (χ3v) is 15.7. The van der Waals surface area contributed by atoms with Gasteiger partial charge in [0, 0.05) is 70.5 Å². The molecule has 0 bridgehead atoms. The lowest BCUT2D eigenvalue weighted by molar-refractivity contribution is -0.142. The van der Waals surface area contributed by atoms with E-state index in [0.29, 0.717) is 23.8 Å². The maximum absolute atomic E-state index is 14.0. The number of sulfonamides is 1. The molecule has 81 heavy (non-hydrogen) atoms. The fourth-order valence-electron chi connectivity index (χ4n) is 9.58. The number of imidazole rings is 1. The molecular weight excluding hydrogens is 1080 g/mol. The first-order valence-electron chi connectivity index (χ1n) is 25.6. The lowest BCUT2D eigenvalue weighted by Crippen LogP contribution is -2.50. The first-order chi connectivity index (χ1) is 38.6. The van der Waals surface area contributed by atoms with E-state index in [4.69, 9.17) is 14.5 Å². The topological polar surface area (TPSA) is 311 Å². The van der Waals surface area contributed by atoms with Crippen molar-refractivity contribution in [3.8, 4) is 5.75 Å². The van der Waals surface area contributed by atoms with Crippen LogP contribution in [0, 0.1) is 13.8 Å². The molecule has 428 valence electrons. The second kappa shape index (κ2) is 26.7. The molecule has 4 amide bonds. The van der Waals surface area contributed by atoms with Crippen molar-refractivity contribution in [3.05, 3.63) is 189 Å². The van der Waals surface area contributed by atoms with E-state index in [9.17, 15) is 50.8 Å². The summed E-state index contributed by atoms with van der Waals surface area (Å²) in [6, 6.07) is 35.8. The van der Waals surface area contributed by atoms with Crippen LogP contribution in [-0.2, 0) is 53.1 Å². The molecule has 0 fully saturated rings. The molecule has 7 aromatic rings. The molecule has 0 aliphatic heterocycles. The molecule has 5 aromatic carbocycles. The highest BCUT2D eigenvalue weighted by Crippen LogP contribution is 2.42. The Balaban J connectivity index is 0.960. The zero-order valence-electron chi connectivity index (χ0n) is 45.2. The number of carbonyl (C=O) groups excluding carboxylic acids is 5. The predicted molar refractivity (Wildman–Crippen MR) is 306 cm³/mol. The number of aromatic nitrogens is 3. The van der Waals surface area contributed by atoms with Crippen LogP contribution in [0.2, 0.25) is 0 Å². The van der Waals surface area contributed by atoms with Crippen LogP contribution in [0.5, 0.6) is 5.75 Å². The summed E-state index contributed by atoms with van der Waals surface area (Å²) in [7, 11) is -5.77. The first-order valence-corrected chi connectivity index (χ1v) is 28.8. The summed E-state index contributed by atoms with van der Waals surface area (Å²) in [4.78, 5) is 81.5. The number of carbonyl (C=O) groups is 5. The normalized spacial score (nSPS) is 12.6. The van der Waals surface area contributed by atoms with Gasteiger partial charge in [0.25, 0.3) is 5.91 Å². The molecule has 22 nitrogen and oxygen atoms in total. The Kier molecular flexibility index (Phi) is 19.9. The Morgan fingerprint density at radius 3 is 1.94 bits per heavy atom. The van der Waals surface area contributed by atoms with Crippen LogP contribution < -0.4 is 41.5 Å². The second-order valence-electron chi connectivity index (χ2n) is 19.1. The number of hydrogen-bond donors (Lipinski definition) is 9. The molecule has 0 aliphatic rings. The van der Waals surface area contributed by atoms with Crippen molar-refractivity contribution in [3.63, 3.8) is 0 Å². The van der Waals surface area contributed by atoms with E-state index in [0.717, 1.165) is 36.3 Å². The molecule has 0 saturated heterocycles. The van der Waals surface area contributed by atoms with Crippen molar-refractivity contribution in [2.24, 2.45) is 7.05 Å². The molecule has 7 rings (SSSR count). The van der Waals surface area contributed by atoms with Gasteiger partial charge in [0.15, 0.2) is 0 Å². The van der Waals surface area contributed by atoms with Crippen molar-refractivity contribution >= 4 is 67.3 Å². The maximum atomic E-state index is 14.0. The molecule has 24 heteroatoms. The number of methoxy groups -OCH3 is 1. The van der Waals surface area contributed by atoms with Gasteiger partial charge >= 0.3 is 5.97 Å². The quantitative estimate of drug-likeness (QED) is 0.0192. The minimum absolute atomic E-state index is 0.00397. The van der Waals surface area contributed by atoms with Crippen molar-refractivity contribution < 1.29 is 55.5 Å². The number of nitrogens with zero attached hydrogens (tertiary/aromatic N) is 3. The Morgan fingerprint density at radius 2 is 1.37 bits per heavy atom. The predicted octanol–water partition coefficient (Wildman–Crippen LogP) is 5.17. The number of nitrogens with one attached hydrogen (secondary N) is 6. The number of anilines is 1. The fourth-order valence-corrected chi connectivity index (χ4v) is 11.9. The third kappa shape index (κ3) is 14.9. The van der Waals surface area contributed by atoms with Crippen LogP contribution >= 0.6 is 10.9 Å². The van der Waals surface area contributed by atoms with Gasteiger partial charge in [-0.25, -0.2) is 13.4 Å². The van der Waals surface area contributed by atoms with Crippen molar-refractivity contribution in [1.29, 1.82) is 0 Å². The highest BCUT2D eigenvalue weighted by molar-refractivity contribution is 8.19. The summed E-state index contributed by atoms with van der Waals surface area (Å²) in [5.74, 6) is -3.56. The van der Waals surface area contributed by atoms with Gasteiger partial charge in [-0.2, -0.15) is 4.72 Å². The van der Waals surface area contributed by atoms with Crippen LogP contribution in [0.4, 0.5) is 5.95 Å². The van der Waals surface area contributed by atoms with E-state index in [1.807, 2.05) is 66.9 Å². The van der Waals surface area contributed by atoms with Gasteiger partial charge in [-0.1, -0.05) is 97.1 Å². The Bertz CT molecular complexity index is 3440. The number of amides is 4. The van der Waals surface area contributed by atoms with Crippen LogP contribution in [0.1, 0.15) is 63.5 Å². The minimum atomic E-state index is -4.46. The molecule has 2 heterocycles. The van der Waals surface area contributed by atoms with E-state index in [-0.39, 0.29) is 65.4 Å². The van der Waals surface area contributed by atoms with Gasteiger partial charge in [-0.05, 0) is 77.9 Å². The Morgan fingerprint density at radius 1 is 0.778 bits per heavy atom. The average Bonchev–Trinajstić information content (AvgIpc) is 4.18. The molecular formula is C57H65N9O13S2. The lowest BCUT2D eigenvalue weighted by atomic mass is 9.76. The average molecular weight is 1150 g/mol. The molecule has 0 saturated carbocycles. The smallest absolute Gasteiger partial charge is 0.325 e. The Labute approximate surface area is 469 Å². The van der Waals surface area contributed by atoms with Gasteiger partial charge in [-0.15, -0.1) is 0 Å². The number of benzene rings is 5. The van der Waals surface area contributed by atoms with Gasteiger partial charge in [0.2, 0.25) is 39.1 Å². The van der Waals surface area contributed by atoms with Gasteiger partial charge < -0.3 is 54.3 Å². The van der Waals surface area contributed by atoms with E-state index in [1.165, 1.54) is 32.2 Å². The van der Waals surface area contributed by atoms with E-state index < -0.39 is 79.9 Å². The highest BCUT2D eigenvalue weighted by Gasteiger charge is 2.40. The second-order valence-corrected chi connectivity index (χ2v) is 22.3. The lowest BCUT2D eigenvalue weighted by Gasteiger charge is -2.38. The van der Waals surface area contributed by atoms with Crippen LogP contribution in [0.15, 0.2) is 150 Å². The zero-order chi connectivity index (χ0) is 58.5. The largest absolute Gasteiger partial charge is 0.494 e. The minimum Gasteiger partial charge on any atom is -0.494 e. The molecule has 9 N–H and O–H groups in total. The number of esters is 1. The van der Waals surface area contributed by atoms with E-state index in [1.54, 1.807) is 29.9 Å². The van der Waals surface area contributed by atoms with Crippen LogP contribution in [0.3, 0.4) is 0 Å². The van der Waals surface area contributed by atoms with Gasteiger partial charge in [-0.3, -0.25) is 33.3 Å². The monoisotopic (exact) mass is 1150 g/mol. The molecule has 0 spiro atoms. The maximum Gasteiger partial charge on any atom is 0.325 e. The summed E-state index contributed by atoms with van der Waals surface area (Å²) in [6.45, 7) is 3.93. The standard InChI is InChI=1S/C57H65N9O13S2/c1-37-30-44(79-29-15-22-50(68)58-25-26-59-54(71)48(63-39(3)67)36-80(73,74)75)31-38(2)52(37)81(76,77)64-47(55(72)78-5)34-61-53(70)46-35-65(4)49-32-40(23-24-45(49)51(46)69)33-62-56-60-27-28-66(56)57(41-16-9-6-10-17-41,42-18-11-7-12-19-42)43-20-13-8-14-21-43/h6-14,16-21,23-24,27-28,30-32,35,47-48,64,73-75H,15,22,25-26,29,33-34,36H2,1-5H3,(H,58,68)(H,59,71)(H,60,62)(H,61,70)(H,63,67)/t47-,48-/m0/s1. The van der Waals surface area contributed by atoms with Crippen LogP contribution in [0.25, 0.3) is 10.9 Å². The summed E-state index contributed by atoms with van der Waals surface area (Å²) >= 11 is 0. The molecule has 0 radical (unpaired) electrons. The number of rotatable bonds is 26. The molecule has 0 aliphatic carbocycles. The van der Waals surface area contributed by atoms with Crippen molar-refractivity contribution in [2.45, 2.75) is 62.7 Å². The number of aryl methyl sites for hydroxylation is 3. The number of ether oxygens (including phenoxy) is 2. The van der Waals surface area contributed by atoms with Gasteiger partial charge in [0.05, 0.1) is 40.8 Å². The van der Waals surface area contributed by atoms with Crippen LogP contribution in [-0.4, -0.2) is 117 Å². The Hall–Kier alpha value is -8.39. The van der Waals surface area contributed by atoms with E-state index >= 15 is 0 Å². The SMILES string of the molecule is COC(=O)[C@H](CNC(=O)c1cn(C)c2cc(CNc3nccn3C(c3ccccc3)(c3ccccc3)c3ccccc3)ccc2c1=O)NS(=O)(=O)c1c(C)cc(OCCCC(=O)NCCNC(=O)[C@H](CS(O)(O)O)NC(C)=O)cc1C. The number of pyridine rings is 1. The molecule has 0 unspecified atom stereocenters. The van der Waals surface area contributed by atoms with Crippen molar-refractivity contribution in [1.82, 2.24) is 40.1 Å². The van der Waals surface area contributed by atoms with Crippen molar-refractivity contribution in [2.75, 3.05) is 44.4 Å². The first kappa shape index (κ1) is 60.3. The third-order valence-electron chi connectivity index (χ3n) is 13.1. The fraction of sp³-hybridized carbons (Fsp3) is 0.281. The van der Waals surface area contributed by atoms with E-state index in [2.05, 4.69) is 72.3 Å². The summed E-state index contributed by atoms with van der Waals surface area (Å²) in [6.07, 6.45) is 5.36. The number of fused-ring (bicyclic) bond motifs is 1. The summed E-state index contributed by atoms with van der Waals surface area (Å²) in [5.41, 5.74) is 3.32. The summed E-state index contributed by atoms with van der Waals surface area (Å²) in [5, 5.41) is 13.6. The molecule has 2 atom stereocenters. The zero-order valence-corrected chi connectivity index (χ0v) is 46.8. The summed E-state index contributed by atoms with van der Waals surface area (Å²) < 4.78 is 72.6.